The van der Waals surface area contributed by atoms with Gasteiger partial charge in [-0.3, -0.25) is 28.6 Å². The number of amides is 2. The van der Waals surface area contributed by atoms with Crippen molar-refractivity contribution in [2.75, 3.05) is 18.6 Å². The van der Waals surface area contributed by atoms with E-state index in [2.05, 4.69) is 20.6 Å². The number of nitrogen functional groups attached to an aromatic ring is 1. The summed E-state index contributed by atoms with van der Waals surface area (Å²) in [7, 11) is 2.47. The molecule has 2 aromatic heterocycles. The molecule has 1 fully saturated rings. The molecule has 16 nitrogen and oxygen atoms in total. The lowest BCUT2D eigenvalue weighted by Gasteiger charge is -2.49. The van der Waals surface area contributed by atoms with E-state index in [4.69, 9.17) is 22.8 Å². The van der Waals surface area contributed by atoms with Crippen molar-refractivity contribution in [3.05, 3.63) is 48.9 Å². The molecule has 2 aliphatic rings. The Bertz CT molecular complexity index is 1620. The van der Waals surface area contributed by atoms with E-state index in [9.17, 15) is 33.9 Å². The van der Waals surface area contributed by atoms with Crippen LogP contribution in [0.1, 0.15) is 17.9 Å². The van der Waals surface area contributed by atoms with Crippen molar-refractivity contribution < 1.29 is 29.1 Å². The first-order chi connectivity index (χ1) is 19.0. The minimum atomic E-state index is -1.40. The maximum atomic E-state index is 13.1. The zero-order chi connectivity index (χ0) is 29.3. The quantitative estimate of drug-likeness (QED) is 0.0510. The third-order valence-corrected chi connectivity index (χ3v) is 8.14. The van der Waals surface area contributed by atoms with E-state index in [1.54, 1.807) is 0 Å². The highest BCUT2D eigenvalue weighted by molar-refractivity contribution is 8.00. The molecule has 2 atom stereocenters. The van der Waals surface area contributed by atoms with E-state index in [1.807, 2.05) is 0 Å². The second-order valence-electron chi connectivity index (χ2n) is 8.25. The highest BCUT2D eigenvalue weighted by atomic mass is 32.2. The Morgan fingerprint density at radius 3 is 2.67 bits per heavy atom. The number of aliphatic carboxylic acids is 1. The van der Waals surface area contributed by atoms with Crippen LogP contribution in [0.25, 0.3) is 0 Å². The number of aryl methyl sites for hydroxylation is 1. The van der Waals surface area contributed by atoms with E-state index in [-0.39, 0.29) is 50.7 Å². The molecule has 0 bridgehead atoms. The molecule has 4 rings (SSSR count). The third-order valence-electron chi connectivity index (χ3n) is 5.80. The van der Waals surface area contributed by atoms with Crippen LogP contribution in [0.4, 0.5) is 5.13 Å². The Morgan fingerprint density at radius 1 is 1.35 bits per heavy atom. The number of anilines is 1. The number of thiocarbonyl (C=S) groups is 1. The highest BCUT2D eigenvalue weighted by Crippen LogP contribution is 2.41. The molecule has 0 radical (unpaired) electrons. The largest absolute Gasteiger partial charge is 0.477 e. The van der Waals surface area contributed by atoms with Gasteiger partial charge in [0.2, 0.25) is 0 Å². The Balaban J connectivity index is 1.58. The fourth-order valence-electron chi connectivity index (χ4n) is 4.04. The number of rotatable bonds is 10. The van der Waals surface area contributed by atoms with E-state index < -0.39 is 46.9 Å². The van der Waals surface area contributed by atoms with Gasteiger partial charge >= 0.3 is 17.1 Å². The van der Waals surface area contributed by atoms with Crippen molar-refractivity contribution in [2.45, 2.75) is 24.4 Å². The number of nitrogens with one attached hydrogen (secondary N) is 1. The van der Waals surface area contributed by atoms with Crippen molar-refractivity contribution in [1.29, 1.82) is 0 Å². The molecule has 1 saturated heterocycles. The number of thioether (sulfide) groups is 1. The van der Waals surface area contributed by atoms with Crippen molar-refractivity contribution in [3.63, 3.8) is 0 Å². The number of β-lactam (4-membered cyclic amide) rings is 1. The number of fused-ring (bicyclic) bond motifs is 1. The fraction of sp³-hybridized carbons (Fsp3) is 0.333. The SMILES string of the molecule is CON=C(C(=O)NC1C(=O)N2C(C(=O)O)=C(CC(=S)c3nn(C)c(=O)c(=O)n3CC=O)CSC12)c1csc(N)n1. The summed E-state index contributed by atoms with van der Waals surface area (Å²) in [5.74, 6) is -2.90. The molecule has 40 heavy (non-hydrogen) atoms. The van der Waals surface area contributed by atoms with Gasteiger partial charge in [-0.1, -0.05) is 17.4 Å². The lowest BCUT2D eigenvalue weighted by atomic mass is 10.00. The van der Waals surface area contributed by atoms with E-state index in [0.717, 1.165) is 25.5 Å². The number of carboxylic acid groups (broad SMARTS) is 1. The predicted molar refractivity (Wildman–Crippen MR) is 146 cm³/mol. The van der Waals surface area contributed by atoms with Gasteiger partial charge in [0.05, 0.1) is 11.4 Å². The van der Waals surface area contributed by atoms with Crippen LogP contribution in [-0.4, -0.2) is 88.3 Å². The lowest BCUT2D eigenvalue weighted by Crippen LogP contribution is -2.71. The summed E-state index contributed by atoms with van der Waals surface area (Å²) >= 11 is 7.68. The van der Waals surface area contributed by atoms with E-state index in [1.165, 1.54) is 31.3 Å². The number of aromatic nitrogens is 4. The van der Waals surface area contributed by atoms with Gasteiger partial charge in [0.15, 0.2) is 16.7 Å². The summed E-state index contributed by atoms with van der Waals surface area (Å²) in [6.45, 7) is -0.479. The van der Waals surface area contributed by atoms with Gasteiger partial charge in [0, 0.05) is 24.6 Å². The summed E-state index contributed by atoms with van der Waals surface area (Å²) in [6, 6.07) is -1.07. The Labute approximate surface area is 237 Å². The second kappa shape index (κ2) is 11.5. The summed E-state index contributed by atoms with van der Waals surface area (Å²) < 4.78 is 1.59. The van der Waals surface area contributed by atoms with Crippen LogP contribution in [0, 0.1) is 0 Å². The molecular weight excluding hydrogens is 588 g/mol. The number of nitrogens with two attached hydrogens (primary N) is 1. The number of carbonyl (C=O) groups excluding carboxylic acids is 3. The summed E-state index contributed by atoms with van der Waals surface area (Å²) in [6.07, 6.45) is 0.202. The maximum absolute atomic E-state index is 13.1. The molecule has 2 unspecified atom stereocenters. The number of thiazole rings is 1. The van der Waals surface area contributed by atoms with Crippen LogP contribution in [0.5, 0.6) is 0 Å². The molecule has 4 heterocycles. The molecule has 0 aromatic carbocycles. The maximum Gasteiger partial charge on any atom is 0.352 e. The van der Waals surface area contributed by atoms with Gasteiger partial charge in [-0.15, -0.1) is 23.1 Å². The van der Waals surface area contributed by atoms with Crippen LogP contribution < -0.4 is 22.2 Å². The van der Waals surface area contributed by atoms with Gasteiger partial charge < -0.3 is 25.8 Å². The molecule has 4 N–H and O–H groups in total. The van der Waals surface area contributed by atoms with Gasteiger partial charge in [-0.05, 0) is 5.57 Å². The molecule has 210 valence electrons. The Hall–Kier alpha value is -4.23. The van der Waals surface area contributed by atoms with Crippen molar-refractivity contribution in [1.82, 2.24) is 29.5 Å². The summed E-state index contributed by atoms with van der Waals surface area (Å²) in [5.41, 5.74) is 3.50. The number of oxime groups is 1. The molecule has 0 aliphatic carbocycles. The fourth-order valence-corrected chi connectivity index (χ4v) is 6.25. The van der Waals surface area contributed by atoms with Crippen LogP contribution in [-0.2, 0) is 37.6 Å². The minimum absolute atomic E-state index is 0.0110. The van der Waals surface area contributed by atoms with Crippen LogP contribution in [0.2, 0.25) is 0 Å². The van der Waals surface area contributed by atoms with Gasteiger partial charge in [-0.25, -0.2) is 14.5 Å². The lowest BCUT2D eigenvalue weighted by molar-refractivity contribution is -0.150. The summed E-state index contributed by atoms with van der Waals surface area (Å²) in [5, 5.41) is 21.1. The van der Waals surface area contributed by atoms with Crippen LogP contribution in [0.3, 0.4) is 0 Å². The Kier molecular flexibility index (Phi) is 8.26. The zero-order valence-corrected chi connectivity index (χ0v) is 23.2. The molecule has 2 aromatic rings. The second-order valence-corrected chi connectivity index (χ2v) is 10.7. The molecule has 0 spiro atoms. The smallest absolute Gasteiger partial charge is 0.352 e. The first kappa shape index (κ1) is 28.8. The van der Waals surface area contributed by atoms with Crippen LogP contribution in [0.15, 0.2) is 31.4 Å². The molecule has 0 saturated carbocycles. The first-order valence-corrected chi connectivity index (χ1v) is 13.5. The highest BCUT2D eigenvalue weighted by Gasteiger charge is 2.54. The van der Waals surface area contributed by atoms with Gasteiger partial charge in [0.25, 0.3) is 11.8 Å². The molecule has 2 aliphatic heterocycles. The summed E-state index contributed by atoms with van der Waals surface area (Å²) in [4.78, 5) is 83.4. The third kappa shape index (κ3) is 5.17. The zero-order valence-electron chi connectivity index (χ0n) is 20.7. The van der Waals surface area contributed by atoms with Crippen LogP contribution >= 0.6 is 35.3 Å². The minimum Gasteiger partial charge on any atom is -0.477 e. The number of hydrogen-bond donors (Lipinski definition) is 3. The normalized spacial score (nSPS) is 18.6. The average Bonchev–Trinajstić information content (AvgIpc) is 3.35. The molecule has 2 amide bonds. The van der Waals surface area contributed by atoms with Crippen molar-refractivity contribution in [3.8, 4) is 0 Å². The number of nitrogens with zero attached hydrogens (tertiary/aromatic N) is 6. The number of hydrogen-bond acceptors (Lipinski definition) is 14. The number of aldehydes is 1. The van der Waals surface area contributed by atoms with E-state index in [0.29, 0.717) is 6.29 Å². The van der Waals surface area contributed by atoms with Gasteiger partial charge in [-0.2, -0.15) is 5.10 Å². The number of carboxylic acids is 1. The number of carbonyl (C=O) groups is 4. The standard InChI is InChI=1S/C21H20N8O8S3/c1-27-17(33)18(34)28(3-4-30)14(25-27)10(38)5-8-6-39-19-12(16(32)29(19)13(8)20(35)36)24-15(31)11(26-37-2)9-7-40-21(22)23-9/h4,7,12,19H,3,5-6H2,1-2H3,(H2,22,23)(H,24,31)(H,35,36). The van der Waals surface area contributed by atoms with Crippen molar-refractivity contribution >= 4 is 75.1 Å². The predicted octanol–water partition coefficient (Wildman–Crippen LogP) is -1.92. The van der Waals surface area contributed by atoms with E-state index >= 15 is 0 Å². The van der Waals surface area contributed by atoms with Gasteiger partial charge in [0.1, 0.15) is 36.2 Å². The first-order valence-electron chi connectivity index (χ1n) is 11.2. The van der Waals surface area contributed by atoms with Crippen molar-refractivity contribution in [2.24, 2.45) is 12.2 Å². The molecule has 19 heteroatoms. The monoisotopic (exact) mass is 608 g/mol. The Morgan fingerprint density at radius 2 is 2.08 bits per heavy atom. The average molecular weight is 609 g/mol. The molecular formula is C21H20N8O8S3. The topological polar surface area (TPSA) is 221 Å².